The second-order valence-corrected chi connectivity index (χ2v) is 6.72. The Bertz CT molecular complexity index is 373. The summed E-state index contributed by atoms with van der Waals surface area (Å²) in [6.45, 7) is 0. The molecule has 0 radical (unpaired) electrons. The molecule has 1 aromatic carbocycles. The Hall–Kier alpha value is -0.670. The molecule has 2 atom stereocenters. The summed E-state index contributed by atoms with van der Waals surface area (Å²) in [7, 11) is 1.25. The number of nitrogens with one attached hydrogen (secondary N) is 1. The Kier molecular flexibility index (Phi) is 5.39. The molecule has 0 amide bonds. The molecule has 2 nitrogen and oxygen atoms in total. The van der Waals surface area contributed by atoms with Crippen LogP contribution in [0.15, 0.2) is 30.3 Å². The van der Waals surface area contributed by atoms with E-state index in [9.17, 15) is 4.21 Å². The number of benzene rings is 1. The van der Waals surface area contributed by atoms with Crippen molar-refractivity contribution in [3.05, 3.63) is 35.9 Å². The molecule has 18 heavy (non-hydrogen) atoms. The van der Waals surface area contributed by atoms with E-state index in [4.69, 9.17) is 0 Å². The highest BCUT2D eigenvalue weighted by atomic mass is 32.2. The van der Waals surface area contributed by atoms with Crippen molar-refractivity contribution in [2.75, 3.05) is 18.6 Å². The van der Waals surface area contributed by atoms with Gasteiger partial charge in [-0.05, 0) is 31.4 Å². The molecule has 2 unspecified atom stereocenters. The highest BCUT2D eigenvalue weighted by Crippen LogP contribution is 2.26. The van der Waals surface area contributed by atoms with Crippen molar-refractivity contribution in [2.24, 2.45) is 5.92 Å². The predicted octanol–water partition coefficient (Wildman–Crippen LogP) is 2.89. The molecule has 2 rings (SSSR count). The van der Waals surface area contributed by atoms with E-state index in [2.05, 4.69) is 17.4 Å². The summed E-state index contributed by atoms with van der Waals surface area (Å²) in [4.78, 5) is 0. The molecule has 1 fully saturated rings. The molecule has 1 aliphatic carbocycles. The van der Waals surface area contributed by atoms with Gasteiger partial charge in [0.1, 0.15) is 0 Å². The van der Waals surface area contributed by atoms with Crippen molar-refractivity contribution in [1.29, 1.82) is 0 Å². The second kappa shape index (κ2) is 7.05. The van der Waals surface area contributed by atoms with E-state index in [-0.39, 0.29) is 6.04 Å². The standard InChI is InChI=1S/C15H23NOS/c1-16-15(14-9-3-2-4-10-14)12-18(17)11-13-7-5-6-8-13/h2-4,9-10,13,15-16H,5-8,11-12H2,1H3. The van der Waals surface area contributed by atoms with Crippen LogP contribution >= 0.6 is 0 Å². The molecule has 0 bridgehead atoms. The minimum atomic E-state index is -0.703. The molecule has 0 aromatic heterocycles. The molecular formula is C15H23NOS. The van der Waals surface area contributed by atoms with E-state index in [0.29, 0.717) is 5.92 Å². The predicted molar refractivity (Wildman–Crippen MR) is 78.1 cm³/mol. The lowest BCUT2D eigenvalue weighted by Crippen LogP contribution is -2.24. The highest BCUT2D eigenvalue weighted by Gasteiger charge is 2.20. The van der Waals surface area contributed by atoms with Gasteiger partial charge in [-0.3, -0.25) is 4.21 Å². The first-order valence-electron chi connectivity index (χ1n) is 6.87. The fourth-order valence-corrected chi connectivity index (χ4v) is 4.45. The normalized spacial score (nSPS) is 19.8. The van der Waals surface area contributed by atoms with E-state index < -0.39 is 10.8 Å². The van der Waals surface area contributed by atoms with E-state index in [1.54, 1.807) is 0 Å². The molecule has 100 valence electrons. The van der Waals surface area contributed by atoms with Crippen molar-refractivity contribution in [3.8, 4) is 0 Å². The quantitative estimate of drug-likeness (QED) is 0.857. The van der Waals surface area contributed by atoms with Crippen LogP contribution in [-0.4, -0.2) is 22.8 Å². The summed E-state index contributed by atoms with van der Waals surface area (Å²) in [6, 6.07) is 10.5. The van der Waals surface area contributed by atoms with Gasteiger partial charge in [0.2, 0.25) is 0 Å². The van der Waals surface area contributed by atoms with Crippen LogP contribution in [0.4, 0.5) is 0 Å². The van der Waals surface area contributed by atoms with Crippen molar-refractivity contribution in [2.45, 2.75) is 31.7 Å². The van der Waals surface area contributed by atoms with E-state index in [1.165, 1.54) is 31.2 Å². The third kappa shape index (κ3) is 3.92. The van der Waals surface area contributed by atoms with Gasteiger partial charge in [-0.25, -0.2) is 0 Å². The summed E-state index contributed by atoms with van der Waals surface area (Å²) in [6.07, 6.45) is 5.22. The van der Waals surface area contributed by atoms with Crippen LogP contribution in [0.25, 0.3) is 0 Å². The Balaban J connectivity index is 1.87. The summed E-state index contributed by atoms with van der Waals surface area (Å²) in [5.74, 6) is 2.33. The molecule has 0 aliphatic heterocycles. The molecule has 0 heterocycles. The van der Waals surface area contributed by atoms with Gasteiger partial charge in [0.15, 0.2) is 0 Å². The maximum atomic E-state index is 12.2. The van der Waals surface area contributed by atoms with Gasteiger partial charge in [-0.2, -0.15) is 0 Å². The molecular weight excluding hydrogens is 242 g/mol. The first-order chi connectivity index (χ1) is 8.79. The molecule has 0 spiro atoms. The van der Waals surface area contributed by atoms with Crippen LogP contribution in [0.1, 0.15) is 37.3 Å². The monoisotopic (exact) mass is 265 g/mol. The van der Waals surface area contributed by atoms with Crippen molar-refractivity contribution in [1.82, 2.24) is 5.32 Å². The third-order valence-electron chi connectivity index (χ3n) is 3.80. The molecule has 1 aromatic rings. The first-order valence-corrected chi connectivity index (χ1v) is 8.35. The van der Waals surface area contributed by atoms with Gasteiger partial charge in [-0.1, -0.05) is 43.2 Å². The largest absolute Gasteiger partial charge is 0.312 e. The number of hydrogen-bond acceptors (Lipinski definition) is 2. The Morgan fingerprint density at radius 2 is 1.94 bits per heavy atom. The lowest BCUT2D eigenvalue weighted by Gasteiger charge is -2.17. The summed E-state index contributed by atoms with van der Waals surface area (Å²) < 4.78 is 12.2. The Morgan fingerprint density at radius 3 is 2.56 bits per heavy atom. The molecule has 1 N–H and O–H groups in total. The summed E-state index contributed by atoms with van der Waals surface area (Å²) >= 11 is 0. The summed E-state index contributed by atoms with van der Waals surface area (Å²) in [5.41, 5.74) is 1.24. The number of rotatable bonds is 6. The molecule has 1 saturated carbocycles. The average molecular weight is 265 g/mol. The van der Waals surface area contributed by atoms with E-state index >= 15 is 0 Å². The number of hydrogen-bond donors (Lipinski definition) is 1. The van der Waals surface area contributed by atoms with Crippen LogP contribution in [0, 0.1) is 5.92 Å². The first kappa shape index (κ1) is 13.8. The van der Waals surface area contributed by atoms with E-state index in [0.717, 1.165) is 11.5 Å². The minimum absolute atomic E-state index is 0.216. The Morgan fingerprint density at radius 1 is 1.28 bits per heavy atom. The second-order valence-electron chi connectivity index (χ2n) is 5.18. The molecule has 0 saturated heterocycles. The Labute approximate surface area is 113 Å². The van der Waals surface area contributed by atoms with Crippen LogP contribution in [0.3, 0.4) is 0 Å². The SMILES string of the molecule is CNC(CS(=O)CC1CCCC1)c1ccccc1. The van der Waals surface area contributed by atoms with Crippen molar-refractivity contribution < 1.29 is 4.21 Å². The minimum Gasteiger partial charge on any atom is -0.312 e. The van der Waals surface area contributed by atoms with Gasteiger partial charge < -0.3 is 5.32 Å². The third-order valence-corrected chi connectivity index (χ3v) is 5.35. The maximum absolute atomic E-state index is 12.2. The van der Waals surface area contributed by atoms with Crippen LogP contribution in [0.2, 0.25) is 0 Å². The van der Waals surface area contributed by atoms with Gasteiger partial charge in [-0.15, -0.1) is 0 Å². The highest BCUT2D eigenvalue weighted by molar-refractivity contribution is 7.85. The van der Waals surface area contributed by atoms with Gasteiger partial charge in [0.25, 0.3) is 0 Å². The van der Waals surface area contributed by atoms with Crippen LogP contribution in [0.5, 0.6) is 0 Å². The smallest absolute Gasteiger partial charge is 0.0434 e. The topological polar surface area (TPSA) is 29.1 Å². The molecule has 1 aliphatic rings. The molecule has 3 heteroatoms. The van der Waals surface area contributed by atoms with Gasteiger partial charge in [0, 0.05) is 28.3 Å². The zero-order chi connectivity index (χ0) is 12.8. The van der Waals surface area contributed by atoms with E-state index in [1.807, 2.05) is 25.2 Å². The van der Waals surface area contributed by atoms with Crippen molar-refractivity contribution in [3.63, 3.8) is 0 Å². The average Bonchev–Trinajstić information content (AvgIpc) is 2.90. The lowest BCUT2D eigenvalue weighted by atomic mass is 10.1. The maximum Gasteiger partial charge on any atom is 0.0434 e. The van der Waals surface area contributed by atoms with Crippen LogP contribution in [-0.2, 0) is 10.8 Å². The van der Waals surface area contributed by atoms with Crippen LogP contribution < -0.4 is 5.32 Å². The van der Waals surface area contributed by atoms with Gasteiger partial charge in [0.05, 0.1) is 0 Å². The van der Waals surface area contributed by atoms with Crippen molar-refractivity contribution >= 4 is 10.8 Å². The fourth-order valence-electron chi connectivity index (χ4n) is 2.73. The summed E-state index contributed by atoms with van der Waals surface area (Å²) in [5, 5.41) is 3.28. The lowest BCUT2D eigenvalue weighted by molar-refractivity contribution is 0.594. The zero-order valence-corrected chi connectivity index (χ0v) is 11.9. The fraction of sp³-hybridized carbons (Fsp3) is 0.600. The zero-order valence-electron chi connectivity index (χ0n) is 11.1. The van der Waals surface area contributed by atoms with Gasteiger partial charge >= 0.3 is 0 Å².